The third kappa shape index (κ3) is 13.9. The second-order valence-electron chi connectivity index (χ2n) is 5.61. The average molecular weight is 399 g/mol. The lowest BCUT2D eigenvalue weighted by Gasteiger charge is -2.23. The van der Waals surface area contributed by atoms with Gasteiger partial charge in [-0.3, -0.25) is 9.79 Å². The van der Waals surface area contributed by atoms with Crippen LogP contribution in [0.25, 0.3) is 0 Å². The van der Waals surface area contributed by atoms with Crippen LogP contribution in [0.15, 0.2) is 4.99 Å². The lowest BCUT2D eigenvalue weighted by atomic mass is 10.1. The van der Waals surface area contributed by atoms with Crippen molar-refractivity contribution in [2.75, 3.05) is 20.7 Å². The van der Waals surface area contributed by atoms with Crippen molar-refractivity contribution in [2.24, 2.45) is 4.99 Å². The van der Waals surface area contributed by atoms with Gasteiger partial charge in [-0.2, -0.15) is 0 Å². The number of hydrogen-bond acceptors (Lipinski definition) is 3. The standard InChI is InChI=1S/C14H29N3O2.HI/c1-14(2,3)17-13(15-4)16-11-9-7-6-8-10-12(18)19-5;/h6-11H2,1-5H3,(H2,15,16,17);1H. The first-order chi connectivity index (χ1) is 8.89. The molecule has 0 saturated heterocycles. The fraction of sp³-hybridized carbons (Fsp3) is 0.857. The Hall–Kier alpha value is -0.530. The van der Waals surface area contributed by atoms with E-state index in [0.717, 1.165) is 38.2 Å². The molecule has 120 valence electrons. The Kier molecular flexibility index (Phi) is 13.3. The van der Waals surface area contributed by atoms with E-state index in [1.54, 1.807) is 7.05 Å². The molecular weight excluding hydrogens is 369 g/mol. The molecule has 0 aliphatic rings. The summed E-state index contributed by atoms with van der Waals surface area (Å²) in [6.07, 6.45) is 4.67. The van der Waals surface area contributed by atoms with Crippen LogP contribution in [0.3, 0.4) is 0 Å². The zero-order valence-corrected chi connectivity index (χ0v) is 15.7. The highest BCUT2D eigenvalue weighted by atomic mass is 127. The van der Waals surface area contributed by atoms with Gasteiger partial charge in [-0.05, 0) is 33.6 Å². The van der Waals surface area contributed by atoms with Crippen LogP contribution in [0, 0.1) is 0 Å². The molecule has 6 heteroatoms. The van der Waals surface area contributed by atoms with E-state index in [9.17, 15) is 4.79 Å². The van der Waals surface area contributed by atoms with Gasteiger partial charge in [0, 0.05) is 25.6 Å². The number of methoxy groups -OCH3 is 1. The molecule has 0 radical (unpaired) electrons. The van der Waals surface area contributed by atoms with Gasteiger partial charge >= 0.3 is 5.97 Å². The number of carbonyl (C=O) groups excluding carboxylic acids is 1. The van der Waals surface area contributed by atoms with E-state index in [4.69, 9.17) is 0 Å². The van der Waals surface area contributed by atoms with Gasteiger partial charge in [0.2, 0.25) is 0 Å². The van der Waals surface area contributed by atoms with E-state index in [0.29, 0.717) is 6.42 Å². The lowest BCUT2D eigenvalue weighted by Crippen LogP contribution is -2.47. The molecule has 0 bridgehead atoms. The molecule has 0 aromatic carbocycles. The summed E-state index contributed by atoms with van der Waals surface area (Å²) in [5, 5.41) is 6.59. The number of ether oxygens (including phenoxy) is 1. The molecule has 0 spiro atoms. The summed E-state index contributed by atoms with van der Waals surface area (Å²) in [5.41, 5.74) is 0.0162. The largest absolute Gasteiger partial charge is 0.469 e. The highest BCUT2D eigenvalue weighted by molar-refractivity contribution is 14.0. The predicted octanol–water partition coefficient (Wildman–Crippen LogP) is 2.69. The molecular formula is C14H30IN3O2. The first-order valence-corrected chi connectivity index (χ1v) is 6.94. The van der Waals surface area contributed by atoms with E-state index in [2.05, 4.69) is 41.1 Å². The lowest BCUT2D eigenvalue weighted by molar-refractivity contribution is -0.140. The van der Waals surface area contributed by atoms with Crippen molar-refractivity contribution in [2.45, 2.75) is 58.4 Å². The molecule has 0 amide bonds. The summed E-state index contributed by atoms with van der Waals surface area (Å²) < 4.78 is 4.60. The summed E-state index contributed by atoms with van der Waals surface area (Å²) in [5.74, 6) is 0.718. The van der Waals surface area contributed by atoms with Gasteiger partial charge < -0.3 is 15.4 Å². The van der Waals surface area contributed by atoms with Crippen molar-refractivity contribution >= 4 is 35.9 Å². The van der Waals surface area contributed by atoms with Gasteiger partial charge in [0.1, 0.15) is 0 Å². The molecule has 5 nitrogen and oxygen atoms in total. The zero-order valence-electron chi connectivity index (χ0n) is 13.4. The Morgan fingerprint density at radius 3 is 2.25 bits per heavy atom. The van der Waals surface area contributed by atoms with Crippen molar-refractivity contribution in [3.63, 3.8) is 0 Å². The minimum Gasteiger partial charge on any atom is -0.469 e. The molecule has 0 aromatic heterocycles. The van der Waals surface area contributed by atoms with Gasteiger partial charge in [0.15, 0.2) is 5.96 Å². The molecule has 0 saturated carbocycles. The van der Waals surface area contributed by atoms with Gasteiger partial charge in [-0.25, -0.2) is 0 Å². The van der Waals surface area contributed by atoms with E-state index in [1.165, 1.54) is 7.11 Å². The fourth-order valence-electron chi connectivity index (χ4n) is 1.59. The van der Waals surface area contributed by atoms with Crippen molar-refractivity contribution in [3.05, 3.63) is 0 Å². The quantitative estimate of drug-likeness (QED) is 0.227. The van der Waals surface area contributed by atoms with Gasteiger partial charge in [-0.15, -0.1) is 24.0 Å². The second-order valence-corrected chi connectivity index (χ2v) is 5.61. The first-order valence-electron chi connectivity index (χ1n) is 6.94. The Morgan fingerprint density at radius 2 is 1.75 bits per heavy atom. The zero-order chi connectivity index (χ0) is 14.7. The predicted molar refractivity (Wildman–Crippen MR) is 94.8 cm³/mol. The first kappa shape index (κ1) is 21.8. The third-order valence-electron chi connectivity index (χ3n) is 2.54. The van der Waals surface area contributed by atoms with E-state index >= 15 is 0 Å². The SMILES string of the molecule is CN=C(NCCCCCCC(=O)OC)NC(C)(C)C.I. The minimum atomic E-state index is -0.118. The second kappa shape index (κ2) is 12.2. The molecule has 0 unspecified atom stereocenters. The maximum absolute atomic E-state index is 10.9. The number of carbonyl (C=O) groups is 1. The van der Waals surface area contributed by atoms with E-state index < -0.39 is 0 Å². The molecule has 0 aliphatic carbocycles. The van der Waals surface area contributed by atoms with Crippen LogP contribution in [0.4, 0.5) is 0 Å². The number of nitrogens with zero attached hydrogens (tertiary/aromatic N) is 1. The molecule has 0 heterocycles. The monoisotopic (exact) mass is 399 g/mol. The van der Waals surface area contributed by atoms with Crippen LogP contribution in [0.2, 0.25) is 0 Å². The number of rotatable bonds is 7. The molecule has 0 rings (SSSR count). The van der Waals surface area contributed by atoms with Crippen LogP contribution in [-0.4, -0.2) is 38.2 Å². The number of guanidine groups is 1. The molecule has 0 fully saturated rings. The van der Waals surface area contributed by atoms with Gasteiger partial charge in [-0.1, -0.05) is 12.8 Å². The summed E-state index contributed by atoms with van der Waals surface area (Å²) in [6.45, 7) is 7.21. The summed E-state index contributed by atoms with van der Waals surface area (Å²) >= 11 is 0. The normalized spacial score (nSPS) is 11.6. The van der Waals surface area contributed by atoms with Crippen LogP contribution < -0.4 is 10.6 Å². The highest BCUT2D eigenvalue weighted by Gasteiger charge is 2.10. The van der Waals surface area contributed by atoms with E-state index in [-0.39, 0.29) is 35.5 Å². The number of hydrogen-bond donors (Lipinski definition) is 2. The van der Waals surface area contributed by atoms with E-state index in [1.807, 2.05) is 0 Å². The number of unbranched alkanes of at least 4 members (excludes halogenated alkanes) is 3. The molecule has 0 atom stereocenters. The molecule has 2 N–H and O–H groups in total. The van der Waals surface area contributed by atoms with Crippen molar-refractivity contribution in [1.82, 2.24) is 10.6 Å². The average Bonchev–Trinajstić information content (AvgIpc) is 2.34. The molecule has 20 heavy (non-hydrogen) atoms. The van der Waals surface area contributed by atoms with Crippen molar-refractivity contribution in [3.8, 4) is 0 Å². The summed E-state index contributed by atoms with van der Waals surface area (Å²) in [7, 11) is 3.21. The molecule has 0 aliphatic heterocycles. The van der Waals surface area contributed by atoms with Crippen LogP contribution in [0.5, 0.6) is 0 Å². The Morgan fingerprint density at radius 1 is 1.15 bits per heavy atom. The minimum absolute atomic E-state index is 0. The van der Waals surface area contributed by atoms with Crippen molar-refractivity contribution < 1.29 is 9.53 Å². The number of aliphatic imine (C=N–C) groups is 1. The number of esters is 1. The van der Waals surface area contributed by atoms with Gasteiger partial charge in [0.05, 0.1) is 7.11 Å². The van der Waals surface area contributed by atoms with Crippen LogP contribution in [-0.2, 0) is 9.53 Å². The number of nitrogens with one attached hydrogen (secondary N) is 2. The third-order valence-corrected chi connectivity index (χ3v) is 2.54. The Balaban J connectivity index is 0. The molecule has 0 aromatic rings. The summed E-state index contributed by atoms with van der Waals surface area (Å²) in [6, 6.07) is 0. The van der Waals surface area contributed by atoms with Crippen molar-refractivity contribution in [1.29, 1.82) is 0 Å². The maximum atomic E-state index is 10.9. The summed E-state index contributed by atoms with van der Waals surface area (Å²) in [4.78, 5) is 15.1. The Bertz CT molecular complexity index is 289. The van der Waals surface area contributed by atoms with Crippen LogP contribution in [0.1, 0.15) is 52.9 Å². The highest BCUT2D eigenvalue weighted by Crippen LogP contribution is 2.03. The van der Waals surface area contributed by atoms with Crippen LogP contribution >= 0.6 is 24.0 Å². The van der Waals surface area contributed by atoms with Gasteiger partial charge in [0.25, 0.3) is 0 Å². The fourth-order valence-corrected chi connectivity index (χ4v) is 1.59. The maximum Gasteiger partial charge on any atom is 0.305 e. The Labute approximate surface area is 140 Å². The topological polar surface area (TPSA) is 62.7 Å². The number of halogens is 1. The smallest absolute Gasteiger partial charge is 0.305 e.